The van der Waals surface area contributed by atoms with Crippen molar-refractivity contribution >= 4 is 38.1 Å². The Morgan fingerprint density at radius 3 is 2.70 bits per heavy atom. The number of benzene rings is 3. The molecule has 0 bridgehead atoms. The predicted octanol–water partition coefficient (Wildman–Crippen LogP) is 5.12. The third-order valence-electron chi connectivity index (χ3n) is 5.64. The molecule has 3 aromatic carbocycles. The van der Waals surface area contributed by atoms with Gasteiger partial charge in [-0.05, 0) is 60.5 Å². The highest BCUT2D eigenvalue weighted by Crippen LogP contribution is 2.34. The third-order valence-corrected chi connectivity index (χ3v) is 6.74. The maximum atomic E-state index is 12.9. The standard InChI is InChI=1S/C25H24N2O2S/c28-25(27-16-18-7-3-6-17-5-1-2-8-20(17)18)24-15-21-22(9-4-10-23(21)30-24)29-19-11-13-26-14-12-19/h1-10,15,19,26H,11-14,16H2,(H,27,28). The number of thiophene rings is 1. The van der Waals surface area contributed by atoms with Crippen molar-refractivity contribution in [3.05, 3.63) is 77.2 Å². The Morgan fingerprint density at radius 1 is 1.00 bits per heavy atom. The Kier molecular flexibility index (Phi) is 5.39. The number of hydrogen-bond acceptors (Lipinski definition) is 4. The molecule has 0 unspecified atom stereocenters. The highest BCUT2D eigenvalue weighted by molar-refractivity contribution is 7.20. The summed E-state index contributed by atoms with van der Waals surface area (Å²) in [6.07, 6.45) is 2.26. The van der Waals surface area contributed by atoms with Crippen molar-refractivity contribution in [2.75, 3.05) is 13.1 Å². The molecule has 0 spiro atoms. The molecular weight excluding hydrogens is 392 g/mol. The van der Waals surface area contributed by atoms with Crippen LogP contribution in [0.3, 0.4) is 0 Å². The second kappa shape index (κ2) is 8.46. The second-order valence-corrected chi connectivity index (χ2v) is 8.75. The monoisotopic (exact) mass is 416 g/mol. The molecule has 1 fully saturated rings. The molecule has 0 saturated carbocycles. The second-order valence-electron chi connectivity index (χ2n) is 7.67. The van der Waals surface area contributed by atoms with Gasteiger partial charge in [-0.2, -0.15) is 0 Å². The van der Waals surface area contributed by atoms with Crippen LogP contribution < -0.4 is 15.4 Å². The van der Waals surface area contributed by atoms with Crippen LogP contribution in [0.1, 0.15) is 28.1 Å². The summed E-state index contributed by atoms with van der Waals surface area (Å²) < 4.78 is 7.35. The van der Waals surface area contributed by atoms with Crippen molar-refractivity contribution in [1.82, 2.24) is 10.6 Å². The first kappa shape index (κ1) is 19.1. The lowest BCUT2D eigenvalue weighted by Gasteiger charge is -2.24. The van der Waals surface area contributed by atoms with Crippen LogP contribution in [-0.4, -0.2) is 25.1 Å². The molecule has 0 atom stereocenters. The van der Waals surface area contributed by atoms with E-state index in [2.05, 4.69) is 41.0 Å². The summed E-state index contributed by atoms with van der Waals surface area (Å²) >= 11 is 1.52. The first-order valence-corrected chi connectivity index (χ1v) is 11.2. The van der Waals surface area contributed by atoms with Gasteiger partial charge in [-0.3, -0.25) is 4.79 Å². The van der Waals surface area contributed by atoms with Crippen molar-refractivity contribution in [3.63, 3.8) is 0 Å². The van der Waals surface area contributed by atoms with Crippen molar-refractivity contribution in [3.8, 4) is 5.75 Å². The zero-order valence-corrected chi connectivity index (χ0v) is 17.5. The topological polar surface area (TPSA) is 50.4 Å². The van der Waals surface area contributed by atoms with E-state index < -0.39 is 0 Å². The molecule has 2 N–H and O–H groups in total. The number of nitrogens with one attached hydrogen (secondary N) is 2. The van der Waals surface area contributed by atoms with Crippen LogP contribution in [0.4, 0.5) is 0 Å². The van der Waals surface area contributed by atoms with Gasteiger partial charge in [-0.1, -0.05) is 48.5 Å². The number of piperidine rings is 1. The smallest absolute Gasteiger partial charge is 0.261 e. The number of fused-ring (bicyclic) bond motifs is 2. The summed E-state index contributed by atoms with van der Waals surface area (Å²) in [6, 6.07) is 22.5. The molecule has 0 aliphatic carbocycles. The van der Waals surface area contributed by atoms with E-state index in [1.54, 1.807) is 0 Å². The van der Waals surface area contributed by atoms with E-state index in [-0.39, 0.29) is 12.0 Å². The van der Waals surface area contributed by atoms with Gasteiger partial charge in [0.15, 0.2) is 0 Å². The molecular formula is C25H24N2O2S. The van der Waals surface area contributed by atoms with Crippen LogP contribution in [0.15, 0.2) is 66.7 Å². The average molecular weight is 417 g/mol. The maximum absolute atomic E-state index is 12.9. The molecule has 0 radical (unpaired) electrons. The fourth-order valence-corrected chi connectivity index (χ4v) is 5.05. The number of carbonyl (C=O) groups excluding carboxylic acids is 1. The highest BCUT2D eigenvalue weighted by Gasteiger charge is 2.18. The molecule has 2 heterocycles. The van der Waals surface area contributed by atoms with Gasteiger partial charge in [0.2, 0.25) is 0 Å². The SMILES string of the molecule is O=C(NCc1cccc2ccccc12)c1cc2c(OC3CCNCC3)cccc2s1. The number of ether oxygens (including phenoxy) is 1. The van der Waals surface area contributed by atoms with Gasteiger partial charge in [0.25, 0.3) is 5.91 Å². The summed E-state index contributed by atoms with van der Waals surface area (Å²) in [6.45, 7) is 2.49. The van der Waals surface area contributed by atoms with Crippen molar-refractivity contribution in [2.45, 2.75) is 25.5 Å². The van der Waals surface area contributed by atoms with E-state index >= 15 is 0 Å². The first-order valence-electron chi connectivity index (χ1n) is 10.4. The van der Waals surface area contributed by atoms with E-state index in [0.29, 0.717) is 11.4 Å². The van der Waals surface area contributed by atoms with Gasteiger partial charge in [-0.15, -0.1) is 11.3 Å². The fourth-order valence-electron chi connectivity index (χ4n) is 4.05. The Balaban J connectivity index is 1.34. The summed E-state index contributed by atoms with van der Waals surface area (Å²) in [7, 11) is 0. The van der Waals surface area contributed by atoms with Crippen molar-refractivity contribution < 1.29 is 9.53 Å². The quantitative estimate of drug-likeness (QED) is 0.475. The largest absolute Gasteiger partial charge is 0.490 e. The minimum absolute atomic E-state index is 0.0445. The minimum atomic E-state index is -0.0445. The molecule has 5 heteroatoms. The van der Waals surface area contributed by atoms with Gasteiger partial charge in [-0.25, -0.2) is 0 Å². The molecule has 5 rings (SSSR count). The molecule has 1 aromatic heterocycles. The molecule has 4 nitrogen and oxygen atoms in total. The van der Waals surface area contributed by atoms with E-state index in [9.17, 15) is 4.79 Å². The normalized spacial score (nSPS) is 14.8. The summed E-state index contributed by atoms with van der Waals surface area (Å²) in [4.78, 5) is 13.6. The van der Waals surface area contributed by atoms with Crippen LogP contribution in [-0.2, 0) is 6.54 Å². The number of carbonyl (C=O) groups is 1. The summed E-state index contributed by atoms with van der Waals surface area (Å²) in [5.41, 5.74) is 1.12. The zero-order chi connectivity index (χ0) is 20.3. The Morgan fingerprint density at radius 2 is 1.80 bits per heavy atom. The molecule has 1 amide bonds. The van der Waals surface area contributed by atoms with E-state index in [0.717, 1.165) is 47.3 Å². The number of rotatable bonds is 5. The lowest BCUT2D eigenvalue weighted by Crippen LogP contribution is -2.34. The molecule has 30 heavy (non-hydrogen) atoms. The number of amides is 1. The fraction of sp³-hybridized carbons (Fsp3) is 0.240. The van der Waals surface area contributed by atoms with Crippen LogP contribution in [0.2, 0.25) is 0 Å². The van der Waals surface area contributed by atoms with E-state index in [1.165, 1.54) is 22.1 Å². The summed E-state index contributed by atoms with van der Waals surface area (Å²) in [5, 5.41) is 9.84. The lowest BCUT2D eigenvalue weighted by molar-refractivity contribution is 0.0955. The first-order chi connectivity index (χ1) is 14.8. The molecule has 4 aromatic rings. The molecule has 1 aliphatic rings. The van der Waals surface area contributed by atoms with Gasteiger partial charge in [0.1, 0.15) is 11.9 Å². The van der Waals surface area contributed by atoms with Crippen molar-refractivity contribution in [1.29, 1.82) is 0 Å². The van der Waals surface area contributed by atoms with Gasteiger partial charge < -0.3 is 15.4 Å². The predicted molar refractivity (Wildman–Crippen MR) is 123 cm³/mol. The van der Waals surface area contributed by atoms with Gasteiger partial charge in [0.05, 0.1) is 4.88 Å². The minimum Gasteiger partial charge on any atom is -0.490 e. The average Bonchev–Trinajstić information content (AvgIpc) is 3.24. The zero-order valence-electron chi connectivity index (χ0n) is 16.7. The molecule has 1 saturated heterocycles. The molecule has 1 aliphatic heterocycles. The van der Waals surface area contributed by atoms with Crippen LogP contribution in [0, 0.1) is 0 Å². The third kappa shape index (κ3) is 3.91. The van der Waals surface area contributed by atoms with Crippen LogP contribution in [0.25, 0.3) is 20.9 Å². The van der Waals surface area contributed by atoms with E-state index in [4.69, 9.17) is 4.74 Å². The van der Waals surface area contributed by atoms with Gasteiger partial charge in [0, 0.05) is 16.6 Å². The Bertz CT molecular complexity index is 1190. The highest BCUT2D eigenvalue weighted by atomic mass is 32.1. The van der Waals surface area contributed by atoms with Crippen LogP contribution in [0.5, 0.6) is 5.75 Å². The summed E-state index contributed by atoms with van der Waals surface area (Å²) in [5.74, 6) is 0.834. The van der Waals surface area contributed by atoms with Crippen LogP contribution >= 0.6 is 11.3 Å². The molecule has 152 valence electrons. The van der Waals surface area contributed by atoms with Gasteiger partial charge >= 0.3 is 0 Å². The van der Waals surface area contributed by atoms with E-state index in [1.807, 2.05) is 36.4 Å². The Hall–Kier alpha value is -2.89. The van der Waals surface area contributed by atoms with Crippen molar-refractivity contribution in [2.24, 2.45) is 0 Å². The Labute approximate surface area is 179 Å². The maximum Gasteiger partial charge on any atom is 0.261 e. The lowest BCUT2D eigenvalue weighted by atomic mass is 10.0. The number of hydrogen-bond donors (Lipinski definition) is 2.